The van der Waals surface area contributed by atoms with Crippen LogP contribution in [0.25, 0.3) is 11.4 Å². The number of benzene rings is 1. The van der Waals surface area contributed by atoms with Gasteiger partial charge in [-0.1, -0.05) is 61.5 Å². The zero-order valence-corrected chi connectivity index (χ0v) is 15.6. The number of hydrogen-bond donors (Lipinski definition) is 2. The summed E-state index contributed by atoms with van der Waals surface area (Å²) in [7, 11) is 0. The number of rotatable bonds is 9. The first-order valence-electron chi connectivity index (χ1n) is 8.45. The van der Waals surface area contributed by atoms with E-state index in [1.54, 1.807) is 6.08 Å². The van der Waals surface area contributed by atoms with E-state index in [1.165, 1.54) is 11.8 Å². The van der Waals surface area contributed by atoms with Gasteiger partial charge in [0.05, 0.1) is 5.75 Å². The number of unbranched alkanes of at least 4 members (excludes halogenated alkanes) is 1. The van der Waals surface area contributed by atoms with Crippen LogP contribution in [0.2, 0.25) is 0 Å². The predicted octanol–water partition coefficient (Wildman–Crippen LogP) is 2.85. The van der Waals surface area contributed by atoms with Crippen LogP contribution in [0.5, 0.6) is 0 Å². The van der Waals surface area contributed by atoms with Crippen molar-refractivity contribution < 1.29 is 9.59 Å². The topological polar surface area (TPSA) is 88.9 Å². The number of aromatic nitrogens is 3. The fraction of sp³-hybridized carbons (Fsp3) is 0.333. The van der Waals surface area contributed by atoms with Gasteiger partial charge in [0.1, 0.15) is 0 Å². The van der Waals surface area contributed by atoms with Crippen molar-refractivity contribution in [1.29, 1.82) is 0 Å². The third-order valence-electron chi connectivity index (χ3n) is 3.46. The Morgan fingerprint density at radius 2 is 2.04 bits per heavy atom. The molecule has 3 amide bonds. The smallest absolute Gasteiger partial charge is 0.321 e. The lowest BCUT2D eigenvalue weighted by molar-refractivity contribution is -0.117. The van der Waals surface area contributed by atoms with Crippen LogP contribution in [-0.4, -0.2) is 39.0 Å². The normalized spacial score (nSPS) is 10.3. The van der Waals surface area contributed by atoms with E-state index in [9.17, 15) is 9.59 Å². The average Bonchev–Trinajstić information content (AvgIpc) is 3.04. The van der Waals surface area contributed by atoms with E-state index in [2.05, 4.69) is 27.4 Å². The summed E-state index contributed by atoms with van der Waals surface area (Å²) in [6.45, 7) is 6.87. The Kier molecular flexibility index (Phi) is 7.88. The molecule has 0 aliphatic heterocycles. The first-order valence-corrected chi connectivity index (χ1v) is 9.44. The number of imide groups is 1. The van der Waals surface area contributed by atoms with Crippen LogP contribution in [0.4, 0.5) is 4.79 Å². The number of allylic oxidation sites excluding steroid dienone is 1. The summed E-state index contributed by atoms with van der Waals surface area (Å²) in [5.74, 6) is 0.412. The molecule has 1 aromatic carbocycles. The maximum Gasteiger partial charge on any atom is 0.321 e. The van der Waals surface area contributed by atoms with Crippen LogP contribution in [0.15, 0.2) is 48.1 Å². The Morgan fingerprint density at radius 1 is 1.27 bits per heavy atom. The van der Waals surface area contributed by atoms with Gasteiger partial charge in [-0.05, 0) is 6.42 Å². The van der Waals surface area contributed by atoms with Crippen molar-refractivity contribution in [2.75, 3.05) is 12.3 Å². The molecule has 26 heavy (non-hydrogen) atoms. The van der Waals surface area contributed by atoms with Gasteiger partial charge in [-0.25, -0.2) is 4.79 Å². The second-order valence-electron chi connectivity index (χ2n) is 5.52. The summed E-state index contributed by atoms with van der Waals surface area (Å²) in [6, 6.07) is 9.22. The van der Waals surface area contributed by atoms with E-state index in [0.29, 0.717) is 24.1 Å². The highest BCUT2D eigenvalue weighted by molar-refractivity contribution is 7.99. The summed E-state index contributed by atoms with van der Waals surface area (Å²) < 4.78 is 1.89. The number of amides is 3. The third kappa shape index (κ3) is 5.73. The molecule has 8 heteroatoms. The summed E-state index contributed by atoms with van der Waals surface area (Å²) in [5, 5.41) is 14.0. The standard InChI is InChI=1S/C18H23N5O2S/c1-3-5-11-19-17(25)20-15(24)13-26-18-22-21-16(23(18)12-4-2)14-9-7-6-8-10-14/h4,6-10H,2-3,5,11-13H2,1H3,(H2,19,20,24,25). The first-order chi connectivity index (χ1) is 12.7. The van der Waals surface area contributed by atoms with Crippen LogP contribution in [0.1, 0.15) is 19.8 Å². The van der Waals surface area contributed by atoms with Crippen molar-refractivity contribution in [3.05, 3.63) is 43.0 Å². The highest BCUT2D eigenvalue weighted by atomic mass is 32.2. The zero-order chi connectivity index (χ0) is 18.8. The van der Waals surface area contributed by atoms with E-state index in [1.807, 2.05) is 41.8 Å². The largest absolute Gasteiger partial charge is 0.338 e. The highest BCUT2D eigenvalue weighted by Crippen LogP contribution is 2.23. The highest BCUT2D eigenvalue weighted by Gasteiger charge is 2.15. The fourth-order valence-corrected chi connectivity index (χ4v) is 2.95. The van der Waals surface area contributed by atoms with Crippen LogP contribution in [0, 0.1) is 0 Å². The quantitative estimate of drug-likeness (QED) is 0.401. The van der Waals surface area contributed by atoms with Gasteiger partial charge in [0.15, 0.2) is 11.0 Å². The zero-order valence-electron chi connectivity index (χ0n) is 14.8. The molecule has 1 heterocycles. The Morgan fingerprint density at radius 3 is 2.73 bits per heavy atom. The monoisotopic (exact) mass is 373 g/mol. The minimum atomic E-state index is -0.471. The maximum atomic E-state index is 11.9. The average molecular weight is 373 g/mol. The van der Waals surface area contributed by atoms with Crippen molar-refractivity contribution in [1.82, 2.24) is 25.4 Å². The molecule has 0 aliphatic rings. The molecule has 0 bridgehead atoms. The van der Waals surface area contributed by atoms with E-state index in [4.69, 9.17) is 0 Å². The maximum absolute atomic E-state index is 11.9. The number of nitrogens with one attached hydrogen (secondary N) is 2. The van der Waals surface area contributed by atoms with Crippen LogP contribution < -0.4 is 10.6 Å². The minimum absolute atomic E-state index is 0.0747. The van der Waals surface area contributed by atoms with E-state index in [0.717, 1.165) is 18.4 Å². The second-order valence-corrected chi connectivity index (χ2v) is 6.46. The molecule has 2 rings (SSSR count). The molecule has 0 aliphatic carbocycles. The fourth-order valence-electron chi connectivity index (χ4n) is 2.21. The Balaban J connectivity index is 1.97. The molecule has 0 radical (unpaired) electrons. The SMILES string of the molecule is C=CCn1c(SCC(=O)NC(=O)NCCCC)nnc1-c1ccccc1. The molecule has 0 spiro atoms. The number of carbonyl (C=O) groups is 2. The number of urea groups is 1. The number of nitrogens with zero attached hydrogens (tertiary/aromatic N) is 3. The summed E-state index contributed by atoms with van der Waals surface area (Å²) in [6.07, 6.45) is 3.61. The Hall–Kier alpha value is -2.61. The van der Waals surface area contributed by atoms with Gasteiger partial charge in [0, 0.05) is 18.7 Å². The minimum Gasteiger partial charge on any atom is -0.338 e. The van der Waals surface area contributed by atoms with Gasteiger partial charge in [-0.15, -0.1) is 16.8 Å². The van der Waals surface area contributed by atoms with Crippen molar-refractivity contribution in [3.63, 3.8) is 0 Å². The lowest BCUT2D eigenvalue weighted by Gasteiger charge is -2.08. The second kappa shape index (κ2) is 10.4. The molecule has 0 saturated heterocycles. The van der Waals surface area contributed by atoms with E-state index < -0.39 is 6.03 Å². The van der Waals surface area contributed by atoms with Gasteiger partial charge in [0.25, 0.3) is 0 Å². The number of hydrogen-bond acceptors (Lipinski definition) is 5. The van der Waals surface area contributed by atoms with Gasteiger partial charge < -0.3 is 5.32 Å². The number of carbonyl (C=O) groups excluding carboxylic acids is 2. The van der Waals surface area contributed by atoms with Gasteiger partial charge >= 0.3 is 6.03 Å². The molecule has 7 nitrogen and oxygen atoms in total. The summed E-state index contributed by atoms with van der Waals surface area (Å²) in [4.78, 5) is 23.5. The Bertz CT molecular complexity index is 745. The van der Waals surface area contributed by atoms with Crippen molar-refractivity contribution in [2.45, 2.75) is 31.5 Å². The predicted molar refractivity (Wildman–Crippen MR) is 103 cm³/mol. The molecule has 0 saturated carbocycles. The van der Waals surface area contributed by atoms with Crippen LogP contribution in [0.3, 0.4) is 0 Å². The van der Waals surface area contributed by atoms with Crippen LogP contribution in [-0.2, 0) is 11.3 Å². The van der Waals surface area contributed by atoms with Crippen molar-refractivity contribution >= 4 is 23.7 Å². The van der Waals surface area contributed by atoms with E-state index >= 15 is 0 Å². The molecular formula is C18H23N5O2S. The van der Waals surface area contributed by atoms with Crippen molar-refractivity contribution in [3.8, 4) is 11.4 Å². The molecule has 138 valence electrons. The number of thioether (sulfide) groups is 1. The van der Waals surface area contributed by atoms with Crippen LogP contribution >= 0.6 is 11.8 Å². The van der Waals surface area contributed by atoms with Gasteiger partial charge in [0.2, 0.25) is 5.91 Å². The molecule has 2 aromatic rings. The molecule has 1 aromatic heterocycles. The first kappa shape index (κ1) is 19.7. The third-order valence-corrected chi connectivity index (χ3v) is 4.43. The molecule has 2 N–H and O–H groups in total. The molecule has 0 unspecified atom stereocenters. The lowest BCUT2D eigenvalue weighted by Crippen LogP contribution is -2.40. The molecule has 0 atom stereocenters. The van der Waals surface area contributed by atoms with Gasteiger partial charge in [-0.2, -0.15) is 0 Å². The Labute approximate surface area is 157 Å². The van der Waals surface area contributed by atoms with E-state index in [-0.39, 0.29) is 11.7 Å². The summed E-state index contributed by atoms with van der Waals surface area (Å²) >= 11 is 1.23. The summed E-state index contributed by atoms with van der Waals surface area (Å²) in [5.41, 5.74) is 0.938. The molecule has 0 fully saturated rings. The van der Waals surface area contributed by atoms with Crippen molar-refractivity contribution in [2.24, 2.45) is 0 Å². The molecular weight excluding hydrogens is 350 g/mol. The van der Waals surface area contributed by atoms with Gasteiger partial charge in [-0.3, -0.25) is 14.7 Å². The lowest BCUT2D eigenvalue weighted by atomic mass is 10.2.